The zero-order valence-corrected chi connectivity index (χ0v) is 6.59. The van der Waals surface area contributed by atoms with Gasteiger partial charge < -0.3 is 4.98 Å². The van der Waals surface area contributed by atoms with E-state index < -0.39 is 29.0 Å². The van der Waals surface area contributed by atoms with Crippen molar-refractivity contribution >= 4 is 16.1 Å². The molecule has 0 saturated carbocycles. The highest BCUT2D eigenvalue weighted by atomic mass is 28.2. The standard InChI is InChI=1S/C6H2F4NSi/c7-2-1-3(11-12)5(9)6(10)4(2)8/h1,11H. The SMILES string of the molecule is Fc1cc(N[Si])c(F)c(F)c1F. The van der Waals surface area contributed by atoms with Crippen LogP contribution in [0, 0.1) is 23.3 Å². The van der Waals surface area contributed by atoms with Crippen LogP contribution in [0.5, 0.6) is 0 Å². The summed E-state index contributed by atoms with van der Waals surface area (Å²) in [5.74, 6) is -6.58. The van der Waals surface area contributed by atoms with E-state index in [1.54, 1.807) is 0 Å². The van der Waals surface area contributed by atoms with E-state index in [9.17, 15) is 17.6 Å². The van der Waals surface area contributed by atoms with E-state index in [-0.39, 0.29) is 0 Å². The first-order chi connectivity index (χ1) is 5.57. The minimum atomic E-state index is -1.84. The van der Waals surface area contributed by atoms with E-state index in [4.69, 9.17) is 0 Å². The molecule has 0 atom stereocenters. The van der Waals surface area contributed by atoms with Crippen molar-refractivity contribution in [3.05, 3.63) is 29.3 Å². The second-order valence-electron chi connectivity index (χ2n) is 1.97. The lowest BCUT2D eigenvalue weighted by Gasteiger charge is -2.03. The molecular weight excluding hydrogens is 190 g/mol. The molecule has 0 amide bonds. The molecule has 0 aliphatic heterocycles. The molecule has 0 unspecified atom stereocenters. The van der Waals surface area contributed by atoms with E-state index in [1.807, 2.05) is 4.98 Å². The lowest BCUT2D eigenvalue weighted by Crippen LogP contribution is -2.02. The van der Waals surface area contributed by atoms with Crippen LogP contribution < -0.4 is 4.98 Å². The Morgan fingerprint density at radius 3 is 2.08 bits per heavy atom. The van der Waals surface area contributed by atoms with Crippen LogP contribution in [0.3, 0.4) is 0 Å². The van der Waals surface area contributed by atoms with Gasteiger partial charge in [-0.05, 0) is 0 Å². The molecule has 63 valence electrons. The lowest BCUT2D eigenvalue weighted by molar-refractivity contribution is 0.411. The number of hydrogen-bond acceptors (Lipinski definition) is 1. The summed E-state index contributed by atoms with van der Waals surface area (Å²) in [6.07, 6.45) is 0. The van der Waals surface area contributed by atoms with Crippen molar-refractivity contribution in [1.82, 2.24) is 0 Å². The molecule has 0 bridgehead atoms. The third kappa shape index (κ3) is 1.29. The average Bonchev–Trinajstić information content (AvgIpc) is 2.08. The van der Waals surface area contributed by atoms with Crippen LogP contribution in [0.15, 0.2) is 6.07 Å². The summed E-state index contributed by atoms with van der Waals surface area (Å²) in [6, 6.07) is 0.501. The van der Waals surface area contributed by atoms with Crippen LogP contribution in [-0.2, 0) is 0 Å². The maximum atomic E-state index is 12.6. The number of anilines is 1. The van der Waals surface area contributed by atoms with Gasteiger partial charge in [-0.15, -0.1) is 0 Å². The zero-order chi connectivity index (χ0) is 9.30. The first-order valence-electron chi connectivity index (χ1n) is 2.83. The quantitative estimate of drug-likeness (QED) is 0.309. The summed E-state index contributed by atoms with van der Waals surface area (Å²) in [5.41, 5.74) is -0.497. The van der Waals surface area contributed by atoms with Crippen LogP contribution in [0.25, 0.3) is 0 Å². The fourth-order valence-electron chi connectivity index (χ4n) is 0.664. The van der Waals surface area contributed by atoms with Crippen LogP contribution in [-0.4, -0.2) is 10.4 Å². The van der Waals surface area contributed by atoms with Crippen LogP contribution in [0.2, 0.25) is 0 Å². The van der Waals surface area contributed by atoms with E-state index in [0.717, 1.165) is 0 Å². The van der Waals surface area contributed by atoms with E-state index in [2.05, 4.69) is 10.4 Å². The molecule has 0 heterocycles. The molecule has 0 aliphatic rings. The Balaban J connectivity index is 3.39. The second-order valence-corrected chi connectivity index (χ2v) is 2.22. The Morgan fingerprint density at radius 1 is 1.00 bits per heavy atom. The van der Waals surface area contributed by atoms with Crippen molar-refractivity contribution < 1.29 is 17.6 Å². The number of halogens is 4. The number of nitrogens with one attached hydrogen (secondary N) is 1. The first kappa shape index (κ1) is 9.05. The fourth-order valence-corrected chi connectivity index (χ4v) is 0.846. The average molecular weight is 192 g/mol. The number of rotatable bonds is 1. The zero-order valence-electron chi connectivity index (χ0n) is 5.59. The van der Waals surface area contributed by atoms with Gasteiger partial charge in [0.2, 0.25) is 0 Å². The van der Waals surface area contributed by atoms with Crippen molar-refractivity contribution in [2.75, 3.05) is 4.98 Å². The predicted molar refractivity (Wildman–Crippen MR) is 35.7 cm³/mol. The van der Waals surface area contributed by atoms with Crippen molar-refractivity contribution in [2.45, 2.75) is 0 Å². The summed E-state index contributed by atoms with van der Waals surface area (Å²) < 4.78 is 49.6. The molecule has 0 saturated heterocycles. The molecule has 1 nitrogen and oxygen atoms in total. The van der Waals surface area contributed by atoms with Crippen LogP contribution in [0.4, 0.5) is 23.2 Å². The molecule has 1 rings (SSSR count). The third-order valence-electron chi connectivity index (χ3n) is 1.24. The van der Waals surface area contributed by atoms with Gasteiger partial charge in [0, 0.05) is 6.07 Å². The van der Waals surface area contributed by atoms with Gasteiger partial charge in [-0.1, -0.05) is 0 Å². The Kier molecular flexibility index (Phi) is 2.37. The van der Waals surface area contributed by atoms with Crippen molar-refractivity contribution in [1.29, 1.82) is 0 Å². The minimum absolute atomic E-state index is 0.497. The molecule has 3 radical (unpaired) electrons. The molecule has 1 aromatic carbocycles. The van der Waals surface area contributed by atoms with Crippen molar-refractivity contribution in [3.8, 4) is 0 Å². The predicted octanol–water partition coefficient (Wildman–Crippen LogP) is 1.74. The van der Waals surface area contributed by atoms with Crippen molar-refractivity contribution in [3.63, 3.8) is 0 Å². The van der Waals surface area contributed by atoms with E-state index in [1.165, 1.54) is 0 Å². The molecule has 0 aromatic heterocycles. The van der Waals surface area contributed by atoms with Gasteiger partial charge >= 0.3 is 0 Å². The highest BCUT2D eigenvalue weighted by Gasteiger charge is 2.17. The Hall–Kier alpha value is -1.04. The Morgan fingerprint density at radius 2 is 1.58 bits per heavy atom. The molecule has 12 heavy (non-hydrogen) atoms. The Labute approximate surface area is 68.9 Å². The van der Waals surface area contributed by atoms with Gasteiger partial charge in [0.25, 0.3) is 0 Å². The lowest BCUT2D eigenvalue weighted by atomic mass is 10.3. The second kappa shape index (κ2) is 3.14. The van der Waals surface area contributed by atoms with Crippen LogP contribution >= 0.6 is 0 Å². The maximum absolute atomic E-state index is 12.6. The molecule has 0 aliphatic carbocycles. The van der Waals surface area contributed by atoms with Gasteiger partial charge in [0.15, 0.2) is 33.7 Å². The molecule has 1 N–H and O–H groups in total. The smallest absolute Gasteiger partial charge is 0.199 e. The third-order valence-corrected chi connectivity index (χ3v) is 1.51. The van der Waals surface area contributed by atoms with E-state index >= 15 is 0 Å². The van der Waals surface area contributed by atoms with Gasteiger partial charge in [0.1, 0.15) is 0 Å². The molecule has 0 fully saturated rings. The summed E-state index contributed by atoms with van der Waals surface area (Å²) in [6.45, 7) is 0. The summed E-state index contributed by atoms with van der Waals surface area (Å²) >= 11 is 0. The first-order valence-corrected chi connectivity index (χ1v) is 3.33. The van der Waals surface area contributed by atoms with Gasteiger partial charge in [-0.3, -0.25) is 0 Å². The maximum Gasteiger partial charge on any atom is 0.199 e. The molecule has 0 spiro atoms. The largest absolute Gasteiger partial charge is 0.410 e. The fraction of sp³-hybridized carbons (Fsp3) is 0. The minimum Gasteiger partial charge on any atom is -0.410 e. The van der Waals surface area contributed by atoms with Gasteiger partial charge in [-0.25, -0.2) is 17.6 Å². The number of hydrogen-bond donors (Lipinski definition) is 1. The Bertz CT molecular complexity index is 315. The molecule has 1 aromatic rings. The van der Waals surface area contributed by atoms with Crippen molar-refractivity contribution in [2.24, 2.45) is 0 Å². The van der Waals surface area contributed by atoms with Crippen LogP contribution in [0.1, 0.15) is 0 Å². The summed E-state index contributed by atoms with van der Waals surface area (Å²) in [7, 11) is 2.60. The van der Waals surface area contributed by atoms with E-state index in [0.29, 0.717) is 6.07 Å². The highest BCUT2D eigenvalue weighted by Crippen LogP contribution is 2.21. The summed E-state index contributed by atoms with van der Waals surface area (Å²) in [4.78, 5) is 1.99. The monoisotopic (exact) mass is 192 g/mol. The number of benzene rings is 1. The normalized spacial score (nSPS) is 10.1. The molecule has 6 heteroatoms. The highest BCUT2D eigenvalue weighted by molar-refractivity contribution is 6.15. The van der Waals surface area contributed by atoms with Gasteiger partial charge in [0.05, 0.1) is 5.69 Å². The van der Waals surface area contributed by atoms with Gasteiger partial charge in [-0.2, -0.15) is 0 Å². The topological polar surface area (TPSA) is 12.0 Å². The molecular formula is C6H2F4NSi. The summed E-state index contributed by atoms with van der Waals surface area (Å²) in [5, 5.41) is 0.